The minimum absolute atomic E-state index is 0.00862. The molecule has 0 bridgehead atoms. The third-order valence-electron chi connectivity index (χ3n) is 2.97. The van der Waals surface area contributed by atoms with Gasteiger partial charge in [0.15, 0.2) is 0 Å². The molecule has 21 heavy (non-hydrogen) atoms. The fraction of sp³-hybridized carbons (Fsp3) is 0.0714. The molecule has 2 heterocycles. The molecule has 0 spiro atoms. The Morgan fingerprint density at radius 2 is 2.14 bits per heavy atom. The van der Waals surface area contributed by atoms with Gasteiger partial charge in [-0.2, -0.15) is 0 Å². The number of nitrogens with zero attached hydrogens (tertiary/aromatic N) is 4. The van der Waals surface area contributed by atoms with Gasteiger partial charge in [-0.05, 0) is 30.3 Å². The highest BCUT2D eigenvalue weighted by Crippen LogP contribution is 2.26. The number of aromatic nitrogens is 4. The van der Waals surface area contributed by atoms with Crippen LogP contribution in [0.2, 0.25) is 5.02 Å². The van der Waals surface area contributed by atoms with Crippen molar-refractivity contribution in [3.63, 3.8) is 0 Å². The summed E-state index contributed by atoms with van der Waals surface area (Å²) in [4.78, 5) is 4.05. The van der Waals surface area contributed by atoms with E-state index in [1.807, 2.05) is 6.07 Å². The molecule has 5 nitrogen and oxygen atoms in total. The van der Waals surface area contributed by atoms with Crippen LogP contribution in [0.25, 0.3) is 16.9 Å². The zero-order chi connectivity index (χ0) is 14.8. The highest BCUT2D eigenvalue weighted by atomic mass is 35.5. The van der Waals surface area contributed by atoms with Crippen molar-refractivity contribution < 1.29 is 9.50 Å². The van der Waals surface area contributed by atoms with Crippen LogP contribution < -0.4 is 0 Å². The van der Waals surface area contributed by atoms with Crippen molar-refractivity contribution in [1.82, 2.24) is 20.0 Å². The summed E-state index contributed by atoms with van der Waals surface area (Å²) in [6.07, 6.45) is 3.28. The number of hydrogen-bond donors (Lipinski definition) is 1. The van der Waals surface area contributed by atoms with Gasteiger partial charge in [0.2, 0.25) is 0 Å². The maximum Gasteiger partial charge on any atom is 0.141 e. The van der Waals surface area contributed by atoms with E-state index in [2.05, 4.69) is 15.3 Å². The predicted molar refractivity (Wildman–Crippen MR) is 75.5 cm³/mol. The second-order valence-electron chi connectivity index (χ2n) is 4.29. The molecule has 1 N–H and O–H groups in total. The summed E-state index contributed by atoms with van der Waals surface area (Å²) in [5.74, 6) is -0.508. The summed E-state index contributed by atoms with van der Waals surface area (Å²) in [6.45, 7) is -0.265. The molecule has 1 aromatic carbocycles. The summed E-state index contributed by atoms with van der Waals surface area (Å²) in [6, 6.07) is 7.84. The van der Waals surface area contributed by atoms with Gasteiger partial charge in [-0.3, -0.25) is 4.98 Å². The van der Waals surface area contributed by atoms with Gasteiger partial charge < -0.3 is 5.11 Å². The van der Waals surface area contributed by atoms with Gasteiger partial charge in [0.05, 0.1) is 17.3 Å². The predicted octanol–water partition coefficient (Wildman–Crippen LogP) is 2.61. The fourth-order valence-electron chi connectivity index (χ4n) is 2.01. The van der Waals surface area contributed by atoms with Crippen molar-refractivity contribution in [1.29, 1.82) is 0 Å². The molecule has 0 saturated heterocycles. The number of rotatable bonds is 3. The average Bonchev–Trinajstić information content (AvgIpc) is 2.95. The van der Waals surface area contributed by atoms with Crippen LogP contribution in [0.3, 0.4) is 0 Å². The number of aliphatic hydroxyl groups is 1. The van der Waals surface area contributed by atoms with E-state index < -0.39 is 5.82 Å². The van der Waals surface area contributed by atoms with Gasteiger partial charge in [0.1, 0.15) is 17.2 Å². The molecule has 7 heteroatoms. The third-order valence-corrected chi connectivity index (χ3v) is 3.26. The highest BCUT2D eigenvalue weighted by molar-refractivity contribution is 6.30. The molecule has 0 aliphatic carbocycles. The van der Waals surface area contributed by atoms with Gasteiger partial charge in [-0.15, -0.1) is 5.10 Å². The first-order valence-corrected chi connectivity index (χ1v) is 6.49. The molecule has 2 aromatic heterocycles. The normalized spacial score (nSPS) is 10.8. The van der Waals surface area contributed by atoms with E-state index in [-0.39, 0.29) is 11.6 Å². The maximum atomic E-state index is 13.3. The Labute approximate surface area is 124 Å². The Balaban J connectivity index is 2.20. The first kappa shape index (κ1) is 13.7. The zero-order valence-corrected chi connectivity index (χ0v) is 11.5. The number of aliphatic hydroxyl groups excluding tert-OH is 1. The van der Waals surface area contributed by atoms with E-state index in [9.17, 15) is 9.50 Å². The summed E-state index contributed by atoms with van der Waals surface area (Å²) in [5, 5.41) is 17.3. The largest absolute Gasteiger partial charge is 0.390 e. The highest BCUT2D eigenvalue weighted by Gasteiger charge is 2.16. The molecule has 0 amide bonds. The SMILES string of the molecule is OCc1nnn(-c2ccc(F)c(Cl)c2)c1-c1cccnc1. The lowest BCUT2D eigenvalue weighted by Crippen LogP contribution is -2.01. The third kappa shape index (κ3) is 2.51. The maximum absolute atomic E-state index is 13.3. The molecule has 0 atom stereocenters. The summed E-state index contributed by atoms with van der Waals surface area (Å²) >= 11 is 5.80. The second kappa shape index (κ2) is 5.59. The van der Waals surface area contributed by atoms with Gasteiger partial charge in [-0.1, -0.05) is 16.8 Å². The van der Waals surface area contributed by atoms with E-state index in [0.29, 0.717) is 17.1 Å². The Hall–Kier alpha value is -2.31. The van der Waals surface area contributed by atoms with Crippen molar-refractivity contribution in [3.05, 3.63) is 59.3 Å². The smallest absolute Gasteiger partial charge is 0.141 e. The molecule has 0 fully saturated rings. The van der Waals surface area contributed by atoms with Crippen LogP contribution in [0.15, 0.2) is 42.7 Å². The number of benzene rings is 1. The lowest BCUT2D eigenvalue weighted by Gasteiger charge is -2.08. The second-order valence-corrected chi connectivity index (χ2v) is 4.70. The van der Waals surface area contributed by atoms with Gasteiger partial charge in [-0.25, -0.2) is 9.07 Å². The van der Waals surface area contributed by atoms with Crippen LogP contribution in [-0.2, 0) is 6.61 Å². The molecule has 106 valence electrons. The van der Waals surface area contributed by atoms with E-state index in [1.165, 1.54) is 22.9 Å². The van der Waals surface area contributed by atoms with Gasteiger partial charge in [0.25, 0.3) is 0 Å². The summed E-state index contributed by atoms with van der Waals surface area (Å²) < 4.78 is 14.8. The lowest BCUT2D eigenvalue weighted by molar-refractivity contribution is 0.277. The van der Waals surface area contributed by atoms with Crippen molar-refractivity contribution in [2.24, 2.45) is 0 Å². The fourth-order valence-corrected chi connectivity index (χ4v) is 2.18. The number of halogens is 2. The van der Waals surface area contributed by atoms with E-state index in [0.717, 1.165) is 5.56 Å². The summed E-state index contributed by atoms with van der Waals surface area (Å²) in [7, 11) is 0. The van der Waals surface area contributed by atoms with E-state index in [4.69, 9.17) is 11.6 Å². The van der Waals surface area contributed by atoms with Crippen molar-refractivity contribution in [2.45, 2.75) is 6.61 Å². The van der Waals surface area contributed by atoms with Gasteiger partial charge >= 0.3 is 0 Å². The molecule has 0 saturated carbocycles. The van der Waals surface area contributed by atoms with Crippen LogP contribution in [0.4, 0.5) is 4.39 Å². The Morgan fingerprint density at radius 1 is 1.29 bits per heavy atom. The monoisotopic (exact) mass is 304 g/mol. The zero-order valence-electron chi connectivity index (χ0n) is 10.7. The molecule has 0 unspecified atom stereocenters. The van der Waals surface area contributed by atoms with Crippen LogP contribution in [-0.4, -0.2) is 25.1 Å². The molecule has 0 aliphatic rings. The molecule has 3 rings (SSSR count). The van der Waals surface area contributed by atoms with Crippen LogP contribution in [0.1, 0.15) is 5.69 Å². The Kier molecular flexibility index (Phi) is 3.64. The Morgan fingerprint density at radius 3 is 2.81 bits per heavy atom. The van der Waals surface area contributed by atoms with Crippen molar-refractivity contribution in [2.75, 3.05) is 0 Å². The molecule has 0 aliphatic heterocycles. The molecular formula is C14H10ClFN4O. The van der Waals surface area contributed by atoms with E-state index >= 15 is 0 Å². The van der Waals surface area contributed by atoms with Crippen molar-refractivity contribution >= 4 is 11.6 Å². The minimum atomic E-state index is -0.508. The number of hydrogen-bond acceptors (Lipinski definition) is 4. The number of pyridine rings is 1. The van der Waals surface area contributed by atoms with Crippen LogP contribution >= 0.6 is 11.6 Å². The van der Waals surface area contributed by atoms with Gasteiger partial charge in [0, 0.05) is 18.0 Å². The first-order valence-electron chi connectivity index (χ1n) is 6.12. The Bertz CT molecular complexity index is 776. The minimum Gasteiger partial charge on any atom is -0.390 e. The lowest BCUT2D eigenvalue weighted by atomic mass is 10.1. The van der Waals surface area contributed by atoms with Crippen LogP contribution in [0.5, 0.6) is 0 Å². The topological polar surface area (TPSA) is 63.8 Å². The molecular weight excluding hydrogens is 295 g/mol. The first-order chi connectivity index (χ1) is 10.2. The van der Waals surface area contributed by atoms with Crippen LogP contribution in [0, 0.1) is 5.82 Å². The quantitative estimate of drug-likeness (QED) is 0.808. The van der Waals surface area contributed by atoms with E-state index in [1.54, 1.807) is 18.5 Å². The standard InChI is InChI=1S/C14H10ClFN4O/c15-11-6-10(3-4-12(11)16)20-14(13(8-21)18-19-20)9-2-1-5-17-7-9/h1-7,21H,8H2. The molecule has 0 radical (unpaired) electrons. The summed E-state index contributed by atoms with van der Waals surface area (Å²) in [5.41, 5.74) is 2.29. The molecule has 3 aromatic rings. The van der Waals surface area contributed by atoms with Crippen molar-refractivity contribution in [3.8, 4) is 16.9 Å². The average molecular weight is 305 g/mol.